The molecule has 4 heteroatoms. The highest BCUT2D eigenvalue weighted by Gasteiger charge is 2.08. The fourth-order valence-electron chi connectivity index (χ4n) is 2.13. The van der Waals surface area contributed by atoms with Gasteiger partial charge in [0, 0.05) is 30.2 Å². The molecule has 0 fully saturated rings. The Kier molecular flexibility index (Phi) is 5.17. The van der Waals surface area contributed by atoms with E-state index in [0.29, 0.717) is 12.6 Å². The molecule has 1 heterocycles. The van der Waals surface area contributed by atoms with Gasteiger partial charge < -0.3 is 15.2 Å². The predicted octanol–water partition coefficient (Wildman–Crippen LogP) is 2.93. The molecule has 0 bridgehead atoms. The van der Waals surface area contributed by atoms with Crippen molar-refractivity contribution in [1.29, 1.82) is 0 Å². The average Bonchev–Trinajstić information content (AvgIpc) is 2.86. The number of aromatic nitrogens is 1. The van der Waals surface area contributed by atoms with Crippen LogP contribution < -0.4 is 10.6 Å². The SMILES string of the molecule is Cc1ccccc1NC(=O)Cn1cccc1CNC(C)C. The molecule has 0 spiro atoms. The lowest BCUT2D eigenvalue weighted by atomic mass is 10.2. The summed E-state index contributed by atoms with van der Waals surface area (Å²) in [5.41, 5.74) is 3.06. The minimum absolute atomic E-state index is 0.00806. The molecule has 112 valence electrons. The number of anilines is 1. The molecule has 1 amide bonds. The maximum Gasteiger partial charge on any atom is 0.244 e. The molecular weight excluding hydrogens is 262 g/mol. The van der Waals surface area contributed by atoms with E-state index in [1.165, 1.54) is 0 Å². The Labute approximate surface area is 126 Å². The number of carbonyl (C=O) groups excluding carboxylic acids is 1. The van der Waals surface area contributed by atoms with E-state index in [4.69, 9.17) is 0 Å². The average molecular weight is 285 g/mol. The lowest BCUT2D eigenvalue weighted by molar-refractivity contribution is -0.116. The number of benzene rings is 1. The first-order valence-electron chi connectivity index (χ1n) is 7.29. The van der Waals surface area contributed by atoms with Gasteiger partial charge in [-0.1, -0.05) is 32.0 Å². The molecule has 0 radical (unpaired) electrons. The Bertz CT molecular complexity index is 602. The van der Waals surface area contributed by atoms with Crippen LogP contribution in [0.15, 0.2) is 42.6 Å². The van der Waals surface area contributed by atoms with E-state index in [2.05, 4.69) is 24.5 Å². The van der Waals surface area contributed by atoms with Gasteiger partial charge in [0.15, 0.2) is 0 Å². The van der Waals surface area contributed by atoms with E-state index in [-0.39, 0.29) is 5.91 Å². The van der Waals surface area contributed by atoms with Crippen LogP contribution in [0.3, 0.4) is 0 Å². The monoisotopic (exact) mass is 285 g/mol. The number of carbonyl (C=O) groups is 1. The minimum Gasteiger partial charge on any atom is -0.341 e. The van der Waals surface area contributed by atoms with Gasteiger partial charge in [-0.2, -0.15) is 0 Å². The van der Waals surface area contributed by atoms with Crippen LogP contribution in [-0.4, -0.2) is 16.5 Å². The van der Waals surface area contributed by atoms with E-state index in [0.717, 1.165) is 23.5 Å². The van der Waals surface area contributed by atoms with Crippen LogP contribution in [0.2, 0.25) is 0 Å². The van der Waals surface area contributed by atoms with Gasteiger partial charge in [0.05, 0.1) is 0 Å². The summed E-state index contributed by atoms with van der Waals surface area (Å²) < 4.78 is 1.98. The lowest BCUT2D eigenvalue weighted by Gasteiger charge is -2.13. The van der Waals surface area contributed by atoms with E-state index in [1.54, 1.807) is 0 Å². The molecule has 0 aliphatic heterocycles. The Hall–Kier alpha value is -2.07. The first-order valence-corrected chi connectivity index (χ1v) is 7.29. The molecule has 0 atom stereocenters. The van der Waals surface area contributed by atoms with Crippen molar-refractivity contribution in [2.45, 2.75) is 39.9 Å². The maximum atomic E-state index is 12.2. The zero-order valence-corrected chi connectivity index (χ0v) is 12.9. The number of aryl methyl sites for hydroxylation is 1. The normalized spacial score (nSPS) is 10.9. The van der Waals surface area contributed by atoms with Gasteiger partial charge in [0.25, 0.3) is 0 Å². The second kappa shape index (κ2) is 7.09. The van der Waals surface area contributed by atoms with E-state index < -0.39 is 0 Å². The van der Waals surface area contributed by atoms with Gasteiger partial charge >= 0.3 is 0 Å². The summed E-state index contributed by atoms with van der Waals surface area (Å²) in [4.78, 5) is 12.2. The van der Waals surface area contributed by atoms with Crippen LogP contribution in [0.1, 0.15) is 25.1 Å². The third kappa shape index (κ3) is 4.46. The third-order valence-corrected chi connectivity index (χ3v) is 3.35. The Balaban J connectivity index is 1.97. The minimum atomic E-state index is -0.00806. The molecule has 2 rings (SSSR count). The molecule has 0 aliphatic rings. The third-order valence-electron chi connectivity index (χ3n) is 3.35. The first-order chi connectivity index (χ1) is 10.1. The van der Waals surface area contributed by atoms with Crippen molar-refractivity contribution < 1.29 is 4.79 Å². The van der Waals surface area contributed by atoms with Gasteiger partial charge in [-0.05, 0) is 30.7 Å². The molecule has 0 saturated carbocycles. The molecule has 0 aliphatic carbocycles. The van der Waals surface area contributed by atoms with E-state index in [1.807, 2.05) is 54.1 Å². The van der Waals surface area contributed by atoms with Gasteiger partial charge in [-0.25, -0.2) is 0 Å². The molecule has 4 nitrogen and oxygen atoms in total. The van der Waals surface area contributed by atoms with Crippen molar-refractivity contribution in [2.24, 2.45) is 0 Å². The van der Waals surface area contributed by atoms with Crippen LogP contribution in [0, 0.1) is 6.92 Å². The molecule has 0 unspecified atom stereocenters. The van der Waals surface area contributed by atoms with Crippen LogP contribution in [0.5, 0.6) is 0 Å². The first kappa shape index (κ1) is 15.3. The Morgan fingerprint density at radius 1 is 1.19 bits per heavy atom. The van der Waals surface area contributed by atoms with E-state index >= 15 is 0 Å². The van der Waals surface area contributed by atoms with Crippen LogP contribution in [0.4, 0.5) is 5.69 Å². The van der Waals surface area contributed by atoms with E-state index in [9.17, 15) is 4.79 Å². The van der Waals surface area contributed by atoms with Crippen molar-refractivity contribution in [3.63, 3.8) is 0 Å². The fourth-order valence-corrected chi connectivity index (χ4v) is 2.13. The van der Waals surface area contributed by atoms with Crippen molar-refractivity contribution in [3.05, 3.63) is 53.9 Å². The molecule has 21 heavy (non-hydrogen) atoms. The molecule has 0 saturated heterocycles. The summed E-state index contributed by atoms with van der Waals surface area (Å²) in [7, 11) is 0. The number of nitrogens with zero attached hydrogens (tertiary/aromatic N) is 1. The number of hydrogen-bond donors (Lipinski definition) is 2. The standard InChI is InChI=1S/C17H23N3O/c1-13(2)18-11-15-8-6-10-20(15)12-17(21)19-16-9-5-4-7-14(16)3/h4-10,13,18H,11-12H2,1-3H3,(H,19,21). The van der Waals surface area contributed by atoms with Gasteiger partial charge in [-0.3, -0.25) is 4.79 Å². The van der Waals surface area contributed by atoms with Gasteiger partial charge in [-0.15, -0.1) is 0 Å². The summed E-state index contributed by atoms with van der Waals surface area (Å²) in [6.07, 6.45) is 1.94. The van der Waals surface area contributed by atoms with Crippen LogP contribution >= 0.6 is 0 Å². The summed E-state index contributed by atoms with van der Waals surface area (Å²) in [6, 6.07) is 12.2. The maximum absolute atomic E-state index is 12.2. The largest absolute Gasteiger partial charge is 0.341 e. The molecule has 1 aromatic heterocycles. The highest BCUT2D eigenvalue weighted by molar-refractivity contribution is 5.91. The van der Waals surface area contributed by atoms with Gasteiger partial charge in [0.1, 0.15) is 6.54 Å². The zero-order chi connectivity index (χ0) is 15.2. The smallest absolute Gasteiger partial charge is 0.244 e. The second-order valence-electron chi connectivity index (χ2n) is 5.53. The summed E-state index contributed by atoms with van der Waals surface area (Å²) in [5.74, 6) is -0.00806. The quantitative estimate of drug-likeness (QED) is 0.857. The van der Waals surface area contributed by atoms with Crippen molar-refractivity contribution in [2.75, 3.05) is 5.32 Å². The van der Waals surface area contributed by atoms with Crippen molar-refractivity contribution >= 4 is 11.6 Å². The van der Waals surface area contributed by atoms with Crippen LogP contribution in [-0.2, 0) is 17.9 Å². The number of hydrogen-bond acceptors (Lipinski definition) is 2. The molecule has 2 aromatic rings. The highest BCUT2D eigenvalue weighted by atomic mass is 16.1. The second-order valence-corrected chi connectivity index (χ2v) is 5.53. The predicted molar refractivity (Wildman–Crippen MR) is 86.2 cm³/mol. The summed E-state index contributed by atoms with van der Waals surface area (Å²) >= 11 is 0. The van der Waals surface area contributed by atoms with Crippen molar-refractivity contribution in [1.82, 2.24) is 9.88 Å². The number of para-hydroxylation sites is 1. The molecular formula is C17H23N3O. The molecule has 1 aromatic carbocycles. The summed E-state index contributed by atoms with van der Waals surface area (Å²) in [5, 5.41) is 6.33. The number of amides is 1. The summed E-state index contributed by atoms with van der Waals surface area (Å²) in [6.45, 7) is 7.30. The van der Waals surface area contributed by atoms with Crippen molar-refractivity contribution in [3.8, 4) is 0 Å². The lowest BCUT2D eigenvalue weighted by Crippen LogP contribution is -2.25. The highest BCUT2D eigenvalue weighted by Crippen LogP contribution is 2.13. The number of nitrogens with one attached hydrogen (secondary N) is 2. The molecule has 2 N–H and O–H groups in total. The van der Waals surface area contributed by atoms with Crippen LogP contribution in [0.25, 0.3) is 0 Å². The topological polar surface area (TPSA) is 46.1 Å². The Morgan fingerprint density at radius 2 is 1.95 bits per heavy atom. The zero-order valence-electron chi connectivity index (χ0n) is 12.9. The fraction of sp³-hybridized carbons (Fsp3) is 0.353. The number of rotatable bonds is 6. The Morgan fingerprint density at radius 3 is 2.67 bits per heavy atom. The van der Waals surface area contributed by atoms with Gasteiger partial charge in [0.2, 0.25) is 5.91 Å².